The lowest BCUT2D eigenvalue weighted by Gasteiger charge is -2.22. The number of ether oxygens (including phenoxy) is 1. The predicted molar refractivity (Wildman–Crippen MR) is 40.6 cm³/mol. The van der Waals surface area contributed by atoms with Crippen LogP contribution in [0, 0.1) is 0 Å². The van der Waals surface area contributed by atoms with Crippen LogP contribution in [0.2, 0.25) is 0 Å². The van der Waals surface area contributed by atoms with Gasteiger partial charge in [0.25, 0.3) is 0 Å². The molecule has 1 fully saturated rings. The average molecular weight is 242 g/mol. The van der Waals surface area contributed by atoms with Crippen LogP contribution in [-0.4, -0.2) is 31.5 Å². The summed E-state index contributed by atoms with van der Waals surface area (Å²) in [7, 11) is 0. The summed E-state index contributed by atoms with van der Waals surface area (Å²) in [5, 5.41) is 2.62. The highest BCUT2D eigenvalue weighted by Crippen LogP contribution is 2.37. The molecular weight excluding hydrogens is 233 g/mol. The zero-order valence-corrected chi connectivity index (χ0v) is 7.72. The molecule has 2 nitrogen and oxygen atoms in total. The van der Waals surface area contributed by atoms with Crippen LogP contribution in [0.3, 0.4) is 0 Å². The molecule has 14 heavy (non-hydrogen) atoms. The molecule has 0 amide bonds. The zero-order chi connectivity index (χ0) is 10.1. The molecule has 1 N–H and O–H groups in total. The first kappa shape index (κ1) is 13.9. The molecule has 0 unspecified atom stereocenters. The number of hydrogen-bond acceptors (Lipinski definition) is 2. The van der Waals surface area contributed by atoms with E-state index in [9.17, 15) is 22.0 Å². The molecule has 1 heterocycles. The standard InChI is InChI=1S/C6H8F5NO.ClH/c7-5(8,9)6(10,11)13-4-1-2-12-3-4;/h4,12H,1-3H2;1H/t4-;/m1./s1. The Morgan fingerprint density at radius 3 is 2.07 bits per heavy atom. The Labute approximate surface area is 83.2 Å². The summed E-state index contributed by atoms with van der Waals surface area (Å²) in [6.07, 6.45) is -11.6. The van der Waals surface area contributed by atoms with Crippen molar-refractivity contribution < 1.29 is 26.7 Å². The van der Waals surface area contributed by atoms with Crippen LogP contribution in [0.15, 0.2) is 0 Å². The van der Waals surface area contributed by atoms with Gasteiger partial charge in [-0.1, -0.05) is 0 Å². The van der Waals surface area contributed by atoms with Crippen molar-refractivity contribution in [1.29, 1.82) is 0 Å². The molecule has 1 atom stereocenters. The lowest BCUT2D eigenvalue weighted by Crippen LogP contribution is -2.42. The summed E-state index contributed by atoms with van der Waals surface area (Å²) in [6, 6.07) is 0. The van der Waals surface area contributed by atoms with E-state index in [2.05, 4.69) is 10.1 Å². The Bertz CT molecular complexity index is 180. The minimum Gasteiger partial charge on any atom is -0.314 e. The second-order valence-electron chi connectivity index (χ2n) is 2.75. The highest BCUT2D eigenvalue weighted by Gasteiger charge is 2.60. The first-order chi connectivity index (χ1) is 5.83. The van der Waals surface area contributed by atoms with Gasteiger partial charge in [-0.05, 0) is 13.0 Å². The molecular formula is C6H9ClF5NO. The van der Waals surface area contributed by atoms with Gasteiger partial charge in [-0.15, -0.1) is 12.4 Å². The molecule has 86 valence electrons. The minimum atomic E-state index is -5.63. The maximum atomic E-state index is 12.2. The van der Waals surface area contributed by atoms with E-state index >= 15 is 0 Å². The number of halogens is 6. The molecule has 8 heteroatoms. The largest absolute Gasteiger partial charge is 0.482 e. The van der Waals surface area contributed by atoms with Crippen molar-refractivity contribution in [3.63, 3.8) is 0 Å². The van der Waals surface area contributed by atoms with E-state index in [0.717, 1.165) is 0 Å². The lowest BCUT2D eigenvalue weighted by molar-refractivity contribution is -0.400. The molecule has 0 aliphatic carbocycles. The van der Waals surface area contributed by atoms with Crippen LogP contribution in [0.1, 0.15) is 6.42 Å². The minimum absolute atomic E-state index is 0. The summed E-state index contributed by atoms with van der Waals surface area (Å²) >= 11 is 0. The Morgan fingerprint density at radius 2 is 1.71 bits per heavy atom. The Balaban J connectivity index is 0.00000169. The van der Waals surface area contributed by atoms with E-state index in [1.165, 1.54) is 0 Å². The second-order valence-corrected chi connectivity index (χ2v) is 2.75. The van der Waals surface area contributed by atoms with Gasteiger partial charge in [0, 0.05) is 6.54 Å². The van der Waals surface area contributed by atoms with Gasteiger partial charge in [-0.25, -0.2) is 0 Å². The van der Waals surface area contributed by atoms with Crippen molar-refractivity contribution in [2.24, 2.45) is 0 Å². The average Bonchev–Trinajstić information content (AvgIpc) is 2.35. The molecule has 1 rings (SSSR count). The third kappa shape index (κ3) is 3.21. The summed E-state index contributed by atoms with van der Waals surface area (Å²) in [5.74, 6) is 0. The number of nitrogens with one attached hydrogen (secondary N) is 1. The summed E-state index contributed by atoms with van der Waals surface area (Å²) < 4.78 is 62.8. The number of rotatable bonds is 2. The molecule has 0 aromatic rings. The Kier molecular flexibility index (Phi) is 4.54. The molecule has 0 bridgehead atoms. The van der Waals surface area contributed by atoms with Crippen LogP contribution in [0.25, 0.3) is 0 Å². The van der Waals surface area contributed by atoms with E-state index in [1.54, 1.807) is 0 Å². The molecule has 0 aromatic heterocycles. The highest BCUT2D eigenvalue weighted by atomic mass is 35.5. The molecule has 1 saturated heterocycles. The van der Waals surface area contributed by atoms with Gasteiger partial charge in [0.15, 0.2) is 0 Å². The van der Waals surface area contributed by atoms with Gasteiger partial charge in [0.2, 0.25) is 0 Å². The molecule has 0 spiro atoms. The van der Waals surface area contributed by atoms with Crippen molar-refractivity contribution in [2.75, 3.05) is 13.1 Å². The van der Waals surface area contributed by atoms with Crippen LogP contribution in [0.4, 0.5) is 22.0 Å². The van der Waals surface area contributed by atoms with Crippen molar-refractivity contribution in [1.82, 2.24) is 5.32 Å². The summed E-state index contributed by atoms with van der Waals surface area (Å²) in [5.41, 5.74) is 0. The summed E-state index contributed by atoms with van der Waals surface area (Å²) in [4.78, 5) is 0. The van der Waals surface area contributed by atoms with Crippen molar-refractivity contribution >= 4 is 12.4 Å². The fourth-order valence-corrected chi connectivity index (χ4v) is 1.00. The van der Waals surface area contributed by atoms with Crippen molar-refractivity contribution in [3.8, 4) is 0 Å². The van der Waals surface area contributed by atoms with Crippen LogP contribution >= 0.6 is 12.4 Å². The van der Waals surface area contributed by atoms with Crippen molar-refractivity contribution in [2.45, 2.75) is 24.8 Å². The Hall–Kier alpha value is -0.140. The quantitative estimate of drug-likeness (QED) is 0.746. The molecule has 0 saturated carbocycles. The highest BCUT2D eigenvalue weighted by molar-refractivity contribution is 5.85. The Morgan fingerprint density at radius 1 is 1.14 bits per heavy atom. The smallest absolute Gasteiger partial charge is 0.314 e. The van der Waals surface area contributed by atoms with Gasteiger partial charge in [-0.3, -0.25) is 0 Å². The monoisotopic (exact) mass is 241 g/mol. The third-order valence-corrected chi connectivity index (χ3v) is 1.66. The number of hydrogen-bond donors (Lipinski definition) is 1. The molecule has 1 aliphatic heterocycles. The van der Waals surface area contributed by atoms with Crippen molar-refractivity contribution in [3.05, 3.63) is 0 Å². The molecule has 0 radical (unpaired) electrons. The summed E-state index contributed by atoms with van der Waals surface area (Å²) in [6.45, 7) is 0.435. The first-order valence-electron chi connectivity index (χ1n) is 3.66. The maximum absolute atomic E-state index is 12.2. The fraction of sp³-hybridized carbons (Fsp3) is 1.00. The van der Waals surface area contributed by atoms with Gasteiger partial charge in [-0.2, -0.15) is 22.0 Å². The maximum Gasteiger partial charge on any atom is 0.482 e. The SMILES string of the molecule is Cl.FC(F)(F)C(F)(F)O[C@@H]1CCNC1. The second kappa shape index (κ2) is 4.59. The third-order valence-electron chi connectivity index (χ3n) is 1.66. The van der Waals surface area contributed by atoms with E-state index in [-0.39, 0.29) is 25.4 Å². The van der Waals surface area contributed by atoms with Gasteiger partial charge < -0.3 is 10.1 Å². The lowest BCUT2D eigenvalue weighted by atomic mass is 10.3. The topological polar surface area (TPSA) is 21.3 Å². The van der Waals surface area contributed by atoms with Crippen LogP contribution in [-0.2, 0) is 4.74 Å². The first-order valence-corrected chi connectivity index (χ1v) is 3.66. The van der Waals surface area contributed by atoms with Crippen LogP contribution < -0.4 is 5.32 Å². The van der Waals surface area contributed by atoms with E-state index in [1.807, 2.05) is 0 Å². The zero-order valence-electron chi connectivity index (χ0n) is 6.90. The van der Waals surface area contributed by atoms with Crippen LogP contribution in [0.5, 0.6) is 0 Å². The fourth-order valence-electron chi connectivity index (χ4n) is 1.00. The molecule has 1 aliphatic rings. The van der Waals surface area contributed by atoms with Gasteiger partial charge in [0.1, 0.15) is 0 Å². The predicted octanol–water partition coefficient (Wildman–Crippen LogP) is 1.94. The normalized spacial score (nSPS) is 23.4. The molecule has 0 aromatic carbocycles. The van der Waals surface area contributed by atoms with Gasteiger partial charge in [0.05, 0.1) is 6.10 Å². The van der Waals surface area contributed by atoms with E-state index in [0.29, 0.717) is 6.54 Å². The van der Waals surface area contributed by atoms with E-state index < -0.39 is 18.4 Å². The van der Waals surface area contributed by atoms with E-state index in [4.69, 9.17) is 0 Å². The van der Waals surface area contributed by atoms with Gasteiger partial charge >= 0.3 is 12.3 Å². The number of alkyl halides is 5.